The van der Waals surface area contributed by atoms with Crippen molar-refractivity contribution in [3.05, 3.63) is 100.0 Å². The van der Waals surface area contributed by atoms with Crippen molar-refractivity contribution in [2.45, 2.75) is 45.1 Å². The Morgan fingerprint density at radius 2 is 1.75 bits per heavy atom. The van der Waals surface area contributed by atoms with Crippen molar-refractivity contribution >= 4 is 78.2 Å². The van der Waals surface area contributed by atoms with Gasteiger partial charge in [0.1, 0.15) is 41.5 Å². The number of carboxylic acid groups (broad SMARTS) is 1. The second-order valence-electron chi connectivity index (χ2n) is 13.5. The van der Waals surface area contributed by atoms with Crippen LogP contribution in [-0.4, -0.2) is 101 Å². The van der Waals surface area contributed by atoms with Crippen LogP contribution in [0.25, 0.3) is 22.0 Å². The number of urea groups is 1. The summed E-state index contributed by atoms with van der Waals surface area (Å²) in [4.78, 5) is 79.1. The summed E-state index contributed by atoms with van der Waals surface area (Å²) in [5.41, 5.74) is 0.478. The number of aryl methyl sites for hydroxylation is 1. The fourth-order valence-electron chi connectivity index (χ4n) is 6.57. The molecule has 0 fully saturated rings. The number of benzene rings is 2. The number of ether oxygens (including phenoxy) is 1. The van der Waals surface area contributed by atoms with E-state index in [1.807, 2.05) is 0 Å². The Morgan fingerprint density at radius 1 is 1.06 bits per heavy atom. The van der Waals surface area contributed by atoms with Crippen LogP contribution in [0.3, 0.4) is 0 Å². The summed E-state index contributed by atoms with van der Waals surface area (Å²) < 4.78 is 95.6. The lowest BCUT2D eigenvalue weighted by Crippen LogP contribution is -2.43. The summed E-state index contributed by atoms with van der Waals surface area (Å²) in [6.07, 6.45) is -3.51. The minimum atomic E-state index is -4.94. The van der Waals surface area contributed by atoms with Gasteiger partial charge in [0.25, 0.3) is 0 Å². The Bertz CT molecular complexity index is 2560. The van der Waals surface area contributed by atoms with E-state index in [0.29, 0.717) is 38.5 Å². The maximum atomic E-state index is 14.5. The molecular formula is C38H37ClF5N8O10PS. The molecule has 5 rings (SSSR count). The molecule has 0 radical (unpaired) electrons. The number of fused-ring (bicyclic) bond motifs is 1. The molecule has 4 amide bonds. The SMILES string of the molecule is CCc1ccc(-c2ccc(Cl)c3c(N(C(=O)N(C)c4ncccc4CN(CC(=O)O)C(=O)OCOP(O)O)S(C)=O)nn(CC(F)(F)F)c23)c(C(Cc2cc(F)cc(F)c2)NC=O)n1. The van der Waals surface area contributed by atoms with Crippen molar-refractivity contribution in [3.8, 4) is 11.1 Å². The van der Waals surface area contributed by atoms with E-state index in [9.17, 15) is 50.4 Å². The maximum absolute atomic E-state index is 14.5. The van der Waals surface area contributed by atoms with Crippen LogP contribution < -0.4 is 14.5 Å². The molecule has 0 saturated carbocycles. The van der Waals surface area contributed by atoms with Crippen molar-refractivity contribution in [1.82, 2.24) is 30.0 Å². The van der Waals surface area contributed by atoms with Gasteiger partial charge in [-0.3, -0.25) is 33.6 Å². The minimum absolute atomic E-state index is 0.00396. The van der Waals surface area contributed by atoms with Crippen LogP contribution >= 0.6 is 20.2 Å². The first-order chi connectivity index (χ1) is 30.2. The highest BCUT2D eigenvalue weighted by atomic mass is 35.5. The van der Waals surface area contributed by atoms with Crippen molar-refractivity contribution in [2.75, 3.05) is 35.8 Å². The average molecular weight is 959 g/mol. The van der Waals surface area contributed by atoms with Crippen molar-refractivity contribution in [1.29, 1.82) is 0 Å². The number of pyridine rings is 2. The topological polar surface area (TPSA) is 230 Å². The summed E-state index contributed by atoms with van der Waals surface area (Å²) in [5, 5.41) is 15.7. The number of carbonyl (C=O) groups is 4. The van der Waals surface area contributed by atoms with Gasteiger partial charge >= 0.3 is 32.9 Å². The number of alkyl halides is 3. The molecular weight excluding hydrogens is 922 g/mol. The predicted molar refractivity (Wildman–Crippen MR) is 222 cm³/mol. The van der Waals surface area contributed by atoms with Crippen LogP contribution in [0, 0.1) is 11.6 Å². The van der Waals surface area contributed by atoms with Gasteiger partial charge in [-0.2, -0.15) is 22.6 Å². The van der Waals surface area contributed by atoms with Gasteiger partial charge in [0.2, 0.25) is 13.2 Å². The first kappa shape index (κ1) is 49.1. The van der Waals surface area contributed by atoms with E-state index in [0.717, 1.165) is 30.3 Å². The number of halogens is 6. The van der Waals surface area contributed by atoms with Gasteiger partial charge < -0.3 is 24.9 Å². The van der Waals surface area contributed by atoms with Gasteiger partial charge in [0.05, 0.1) is 34.2 Å². The highest BCUT2D eigenvalue weighted by molar-refractivity contribution is 7.86. The molecule has 3 heterocycles. The number of carbonyl (C=O) groups excluding carboxylic acids is 3. The lowest BCUT2D eigenvalue weighted by Gasteiger charge is -2.27. The van der Waals surface area contributed by atoms with Crippen molar-refractivity contribution in [2.24, 2.45) is 0 Å². The number of hydrogen-bond acceptors (Lipinski definition) is 12. The molecule has 4 N–H and O–H groups in total. The van der Waals surface area contributed by atoms with Gasteiger partial charge in [0, 0.05) is 48.0 Å². The quantitative estimate of drug-likeness (QED) is 0.0335. The van der Waals surface area contributed by atoms with Crippen LogP contribution in [0.5, 0.6) is 0 Å². The molecule has 2 aromatic carbocycles. The largest absolute Gasteiger partial charge is 0.480 e. The van der Waals surface area contributed by atoms with E-state index in [4.69, 9.17) is 26.1 Å². The van der Waals surface area contributed by atoms with E-state index in [1.165, 1.54) is 36.5 Å². The van der Waals surface area contributed by atoms with Gasteiger partial charge in [-0.15, -0.1) is 0 Å². The maximum Gasteiger partial charge on any atom is 0.412 e. The smallest absolute Gasteiger partial charge is 0.412 e. The zero-order chi connectivity index (χ0) is 47.0. The van der Waals surface area contributed by atoms with E-state index >= 15 is 0 Å². The summed E-state index contributed by atoms with van der Waals surface area (Å²) in [6, 6.07) is 8.89. The zero-order valence-electron chi connectivity index (χ0n) is 33.6. The van der Waals surface area contributed by atoms with Crippen LogP contribution in [0.4, 0.5) is 43.2 Å². The average Bonchev–Trinajstić information content (AvgIpc) is 3.57. The number of rotatable bonds is 18. The number of aliphatic carboxylic acids is 1. The molecule has 18 nitrogen and oxygen atoms in total. The molecule has 342 valence electrons. The Hall–Kier alpha value is -5.91. The number of amides is 4. The molecule has 64 heavy (non-hydrogen) atoms. The molecule has 0 aliphatic heterocycles. The molecule has 5 aromatic rings. The molecule has 0 aliphatic rings. The van der Waals surface area contributed by atoms with Gasteiger partial charge in [0.15, 0.2) is 5.82 Å². The van der Waals surface area contributed by atoms with Gasteiger partial charge in [-0.1, -0.05) is 36.7 Å². The van der Waals surface area contributed by atoms with E-state index < -0.39 is 93.8 Å². The third-order valence-corrected chi connectivity index (χ3v) is 10.6. The van der Waals surface area contributed by atoms with Crippen LogP contribution in [0.2, 0.25) is 5.02 Å². The predicted octanol–water partition coefficient (Wildman–Crippen LogP) is 6.14. The zero-order valence-corrected chi connectivity index (χ0v) is 36.1. The van der Waals surface area contributed by atoms with Gasteiger partial charge in [-0.05, 0) is 48.7 Å². The second-order valence-corrected chi connectivity index (χ2v) is 15.9. The summed E-state index contributed by atoms with van der Waals surface area (Å²) >= 11 is 6.72. The third kappa shape index (κ3) is 12.0. The number of nitrogens with one attached hydrogen (secondary N) is 1. The number of anilines is 2. The second kappa shape index (κ2) is 21.2. The Kier molecular flexibility index (Phi) is 16.3. The summed E-state index contributed by atoms with van der Waals surface area (Å²) in [5.74, 6) is -4.15. The molecule has 2 unspecified atom stereocenters. The fraction of sp³-hybridized carbons (Fsp3) is 0.289. The van der Waals surface area contributed by atoms with Crippen molar-refractivity contribution < 1.29 is 69.5 Å². The molecule has 0 spiro atoms. The van der Waals surface area contributed by atoms with Gasteiger partial charge in [-0.25, -0.2) is 27.6 Å². The van der Waals surface area contributed by atoms with Crippen LogP contribution in [0.15, 0.2) is 60.8 Å². The highest BCUT2D eigenvalue weighted by Crippen LogP contribution is 2.42. The van der Waals surface area contributed by atoms with E-state index in [-0.39, 0.29) is 56.1 Å². The third-order valence-electron chi connectivity index (χ3n) is 9.14. The summed E-state index contributed by atoms with van der Waals surface area (Å²) in [7, 11) is -4.21. The number of nitrogens with zero attached hydrogens (tertiary/aromatic N) is 7. The van der Waals surface area contributed by atoms with E-state index in [2.05, 4.69) is 24.9 Å². The molecule has 2 atom stereocenters. The summed E-state index contributed by atoms with van der Waals surface area (Å²) in [6.45, 7) is -2.50. The molecule has 0 saturated heterocycles. The molecule has 3 aromatic heterocycles. The number of carboxylic acids is 1. The normalized spacial score (nSPS) is 12.5. The monoisotopic (exact) mass is 958 g/mol. The molecule has 0 aliphatic carbocycles. The lowest BCUT2D eigenvalue weighted by atomic mass is 9.93. The lowest BCUT2D eigenvalue weighted by molar-refractivity contribution is -0.142. The molecule has 0 bridgehead atoms. The van der Waals surface area contributed by atoms with E-state index in [1.54, 1.807) is 13.0 Å². The minimum Gasteiger partial charge on any atom is -0.480 e. The van der Waals surface area contributed by atoms with Crippen LogP contribution in [-0.2, 0) is 55.8 Å². The fourth-order valence-corrected chi connectivity index (χ4v) is 7.67. The number of hydrogen-bond donors (Lipinski definition) is 4. The highest BCUT2D eigenvalue weighted by Gasteiger charge is 2.36. The Morgan fingerprint density at radius 3 is 2.36 bits per heavy atom. The standard InChI is InChI=1S/C38H37ClF5N8O10PS/c1-4-25-7-8-26(32(47-25)29(46-19-53)14-21-12-23(40)15-24(41)13-21)27-9-10-28(39)31-33(27)51(18-38(42,43)44)48-35(31)52(64(3)60)36(56)49(2)34-22(6-5-11-45-34)16-50(17-30(54)55)37(57)61-20-62-63(58)59/h5-13,15,19,29,58-59H,4,14,16-18,20H2,1-3H3,(H,46,53)(H,54,55). The first-order valence-corrected chi connectivity index (χ1v) is 21.5. The Balaban J connectivity index is 1.66. The van der Waals surface area contributed by atoms with Crippen LogP contribution in [0.1, 0.15) is 35.5 Å². The number of aromatic nitrogens is 4. The Labute approximate surface area is 368 Å². The van der Waals surface area contributed by atoms with Crippen molar-refractivity contribution in [3.63, 3.8) is 0 Å². The molecule has 26 heteroatoms. The first-order valence-electron chi connectivity index (χ1n) is 18.4.